The lowest BCUT2D eigenvalue weighted by atomic mass is 10.0. The van der Waals surface area contributed by atoms with E-state index >= 15 is 0 Å². The molecule has 0 saturated carbocycles. The van der Waals surface area contributed by atoms with Crippen molar-refractivity contribution < 1.29 is 13.7 Å². The lowest BCUT2D eigenvalue weighted by Gasteiger charge is -2.02. The molecule has 0 unspecified atom stereocenters. The molecule has 0 aliphatic carbocycles. The molecule has 2 aromatic heterocycles. The van der Waals surface area contributed by atoms with E-state index in [0.717, 1.165) is 11.1 Å². The highest BCUT2D eigenvalue weighted by Gasteiger charge is 2.22. The Morgan fingerprint density at radius 3 is 2.57 bits per heavy atom. The van der Waals surface area contributed by atoms with Gasteiger partial charge in [0, 0.05) is 0 Å². The largest absolute Gasteiger partial charge is 0.443 e. The van der Waals surface area contributed by atoms with Gasteiger partial charge in [-0.15, -0.1) is 0 Å². The number of halogens is 1. The van der Waals surface area contributed by atoms with Crippen LogP contribution in [0.2, 0.25) is 5.22 Å². The van der Waals surface area contributed by atoms with Crippen molar-refractivity contribution in [1.82, 2.24) is 5.16 Å². The molecule has 0 radical (unpaired) electrons. The molecule has 3 rings (SSSR count). The zero-order valence-corrected chi connectivity index (χ0v) is 12.1. The molecular formula is C16H12ClNO3. The van der Waals surface area contributed by atoms with E-state index in [1.807, 2.05) is 30.3 Å². The van der Waals surface area contributed by atoms with Crippen molar-refractivity contribution in [3.05, 3.63) is 53.4 Å². The number of benzene rings is 1. The summed E-state index contributed by atoms with van der Waals surface area (Å²) in [5.41, 5.74) is 2.22. The second kappa shape index (κ2) is 5.58. The van der Waals surface area contributed by atoms with E-state index in [2.05, 4.69) is 5.16 Å². The number of Topliss-reactive ketones (excluding diaryl/α,β-unsaturated/α-hetero) is 1. The zero-order valence-electron chi connectivity index (χ0n) is 11.3. The number of rotatable bonds is 4. The van der Waals surface area contributed by atoms with Crippen LogP contribution in [0.25, 0.3) is 22.6 Å². The third kappa shape index (κ3) is 2.76. The van der Waals surface area contributed by atoms with Crippen LogP contribution in [0.3, 0.4) is 0 Å². The fourth-order valence-corrected chi connectivity index (χ4v) is 2.33. The van der Waals surface area contributed by atoms with Crippen molar-refractivity contribution in [2.45, 2.75) is 13.3 Å². The first-order valence-electron chi connectivity index (χ1n) is 6.44. The fourth-order valence-electron chi connectivity index (χ4n) is 2.18. The Labute approximate surface area is 126 Å². The van der Waals surface area contributed by atoms with E-state index in [1.54, 1.807) is 12.1 Å². The van der Waals surface area contributed by atoms with E-state index in [1.165, 1.54) is 6.92 Å². The molecular weight excluding hydrogens is 290 g/mol. The molecule has 0 aliphatic rings. The summed E-state index contributed by atoms with van der Waals surface area (Å²) < 4.78 is 10.8. The van der Waals surface area contributed by atoms with Gasteiger partial charge in [0.25, 0.3) is 0 Å². The van der Waals surface area contributed by atoms with E-state index in [-0.39, 0.29) is 17.4 Å². The maximum absolute atomic E-state index is 11.4. The third-order valence-corrected chi connectivity index (χ3v) is 3.24. The number of furan rings is 1. The van der Waals surface area contributed by atoms with Crippen molar-refractivity contribution in [2.75, 3.05) is 0 Å². The smallest absolute Gasteiger partial charge is 0.194 e. The van der Waals surface area contributed by atoms with Gasteiger partial charge in [-0.3, -0.25) is 4.79 Å². The van der Waals surface area contributed by atoms with E-state index < -0.39 is 0 Å². The van der Waals surface area contributed by atoms with E-state index in [9.17, 15) is 4.79 Å². The van der Waals surface area contributed by atoms with Crippen LogP contribution in [0, 0.1) is 0 Å². The molecule has 0 amide bonds. The number of carbonyl (C=O) groups is 1. The SMILES string of the molecule is CC(=O)Cc1onc(-c2ccc(Cl)o2)c1-c1ccccc1. The summed E-state index contributed by atoms with van der Waals surface area (Å²) in [5, 5.41) is 4.33. The second-order valence-corrected chi connectivity index (χ2v) is 5.05. The van der Waals surface area contributed by atoms with Crippen molar-refractivity contribution in [3.8, 4) is 22.6 Å². The van der Waals surface area contributed by atoms with Crippen molar-refractivity contribution >= 4 is 17.4 Å². The van der Waals surface area contributed by atoms with E-state index in [4.69, 9.17) is 20.5 Å². The summed E-state index contributed by atoms with van der Waals surface area (Å²) in [4.78, 5) is 11.4. The first kappa shape index (κ1) is 13.6. The highest BCUT2D eigenvalue weighted by atomic mass is 35.5. The van der Waals surface area contributed by atoms with Crippen molar-refractivity contribution in [3.63, 3.8) is 0 Å². The number of hydrogen-bond acceptors (Lipinski definition) is 4. The Bertz CT molecular complexity index is 774. The topological polar surface area (TPSA) is 56.2 Å². The Balaban J connectivity index is 2.17. The maximum Gasteiger partial charge on any atom is 0.194 e. The third-order valence-electron chi connectivity index (χ3n) is 3.04. The molecule has 0 spiro atoms. The standard InChI is InChI=1S/C16H12ClNO3/c1-10(19)9-13-15(11-5-3-2-4-6-11)16(18-21-13)12-7-8-14(17)20-12/h2-8H,9H2,1H3. The summed E-state index contributed by atoms with van der Waals surface area (Å²) in [6, 6.07) is 13.0. The number of ketones is 1. The van der Waals surface area contributed by atoms with Crippen LogP contribution >= 0.6 is 11.6 Å². The second-order valence-electron chi connectivity index (χ2n) is 4.68. The summed E-state index contributed by atoms with van der Waals surface area (Å²) in [6.45, 7) is 1.51. The van der Waals surface area contributed by atoms with E-state index in [0.29, 0.717) is 17.2 Å². The maximum atomic E-state index is 11.4. The Morgan fingerprint density at radius 2 is 1.95 bits per heavy atom. The molecule has 21 heavy (non-hydrogen) atoms. The van der Waals surface area contributed by atoms with Gasteiger partial charge in [0.2, 0.25) is 0 Å². The molecule has 1 aromatic carbocycles. The zero-order chi connectivity index (χ0) is 14.8. The highest BCUT2D eigenvalue weighted by molar-refractivity contribution is 6.29. The van der Waals surface area contributed by atoms with Gasteiger partial charge in [-0.1, -0.05) is 35.5 Å². The van der Waals surface area contributed by atoms with Crippen molar-refractivity contribution in [2.24, 2.45) is 0 Å². The minimum atomic E-state index is 0.00681. The van der Waals surface area contributed by atoms with Crippen LogP contribution in [0.1, 0.15) is 12.7 Å². The highest BCUT2D eigenvalue weighted by Crippen LogP contribution is 2.36. The predicted molar refractivity (Wildman–Crippen MR) is 79.0 cm³/mol. The molecule has 3 aromatic rings. The van der Waals surface area contributed by atoms with Crippen LogP contribution in [0.15, 0.2) is 51.4 Å². The summed E-state index contributed by atoms with van der Waals surface area (Å²) in [6.07, 6.45) is 0.186. The Morgan fingerprint density at radius 1 is 1.19 bits per heavy atom. The van der Waals surface area contributed by atoms with Crippen LogP contribution < -0.4 is 0 Å². The van der Waals surface area contributed by atoms with Gasteiger partial charge in [-0.05, 0) is 36.2 Å². The van der Waals surface area contributed by atoms with Crippen LogP contribution in [0.4, 0.5) is 0 Å². The quantitative estimate of drug-likeness (QED) is 0.717. The molecule has 0 fully saturated rings. The molecule has 0 bridgehead atoms. The molecule has 106 valence electrons. The summed E-state index contributed by atoms with van der Waals surface area (Å²) in [5.74, 6) is 1.04. The number of carbonyl (C=O) groups excluding carboxylic acids is 1. The average Bonchev–Trinajstić information content (AvgIpc) is 3.05. The molecule has 0 saturated heterocycles. The monoisotopic (exact) mass is 301 g/mol. The first-order chi connectivity index (χ1) is 10.1. The summed E-state index contributed by atoms with van der Waals surface area (Å²) >= 11 is 5.82. The van der Waals surface area contributed by atoms with Crippen LogP contribution in [0.5, 0.6) is 0 Å². The van der Waals surface area contributed by atoms with Gasteiger partial charge in [0.05, 0.1) is 12.0 Å². The average molecular weight is 302 g/mol. The molecule has 0 aliphatic heterocycles. The molecule has 2 heterocycles. The predicted octanol–water partition coefficient (Wildman–Crippen LogP) is 4.39. The number of aromatic nitrogens is 1. The molecule has 5 heteroatoms. The molecule has 4 nitrogen and oxygen atoms in total. The number of hydrogen-bond donors (Lipinski definition) is 0. The minimum absolute atomic E-state index is 0.00681. The van der Waals surface area contributed by atoms with Gasteiger partial charge in [-0.2, -0.15) is 0 Å². The first-order valence-corrected chi connectivity index (χ1v) is 6.82. The molecule has 0 N–H and O–H groups in total. The normalized spacial score (nSPS) is 10.8. The summed E-state index contributed by atoms with van der Waals surface area (Å²) in [7, 11) is 0. The Hall–Kier alpha value is -2.33. The van der Waals surface area contributed by atoms with Gasteiger partial charge in [0.15, 0.2) is 22.4 Å². The van der Waals surface area contributed by atoms with Crippen molar-refractivity contribution in [1.29, 1.82) is 0 Å². The van der Waals surface area contributed by atoms with Gasteiger partial charge in [-0.25, -0.2) is 0 Å². The van der Waals surface area contributed by atoms with Crippen LogP contribution in [-0.2, 0) is 11.2 Å². The van der Waals surface area contributed by atoms with Crippen LogP contribution in [-0.4, -0.2) is 10.9 Å². The Kier molecular flexibility index (Phi) is 3.62. The molecule has 0 atom stereocenters. The van der Waals surface area contributed by atoms with Gasteiger partial charge in [0.1, 0.15) is 5.78 Å². The van der Waals surface area contributed by atoms with Gasteiger partial charge >= 0.3 is 0 Å². The minimum Gasteiger partial charge on any atom is -0.443 e. The lowest BCUT2D eigenvalue weighted by molar-refractivity contribution is -0.116. The lowest BCUT2D eigenvalue weighted by Crippen LogP contribution is -1.96. The fraction of sp³-hybridized carbons (Fsp3) is 0.125. The van der Waals surface area contributed by atoms with Gasteiger partial charge < -0.3 is 8.94 Å². The number of nitrogens with zero attached hydrogens (tertiary/aromatic N) is 1.